The highest BCUT2D eigenvalue weighted by atomic mass is 32.2. The molecule has 0 unspecified atom stereocenters. The fraction of sp³-hybridized carbons (Fsp3) is 0.269. The summed E-state index contributed by atoms with van der Waals surface area (Å²) in [6, 6.07) is 16.6. The average Bonchev–Trinajstić information content (AvgIpc) is 3.08. The summed E-state index contributed by atoms with van der Waals surface area (Å²) in [4.78, 5) is 6.77. The molecule has 0 aliphatic carbocycles. The van der Waals surface area contributed by atoms with Crippen molar-refractivity contribution in [3.8, 4) is 16.9 Å². The summed E-state index contributed by atoms with van der Waals surface area (Å²) in [5, 5.41) is 0.797. The molecule has 0 radical (unpaired) electrons. The van der Waals surface area contributed by atoms with Crippen molar-refractivity contribution in [2.75, 3.05) is 11.8 Å². The van der Waals surface area contributed by atoms with E-state index in [4.69, 9.17) is 4.74 Å². The van der Waals surface area contributed by atoms with Gasteiger partial charge in [0.25, 0.3) is 10.0 Å². The first-order valence-corrected chi connectivity index (χ1v) is 13.0. The number of aromatic nitrogens is 1. The number of anilines is 1. The monoisotopic (exact) mass is 480 g/mol. The molecule has 0 amide bonds. The van der Waals surface area contributed by atoms with Crippen molar-refractivity contribution >= 4 is 37.3 Å². The number of hydrogen-bond acceptors (Lipinski definition) is 5. The number of pyridine rings is 1. The van der Waals surface area contributed by atoms with Gasteiger partial charge in [-0.25, -0.2) is 13.4 Å². The van der Waals surface area contributed by atoms with E-state index in [2.05, 4.69) is 30.5 Å². The minimum Gasteiger partial charge on any atom is -0.497 e. The second-order valence-electron chi connectivity index (χ2n) is 9.14. The van der Waals surface area contributed by atoms with Crippen LogP contribution in [0.5, 0.6) is 5.75 Å². The van der Waals surface area contributed by atoms with Gasteiger partial charge in [-0.2, -0.15) is 0 Å². The number of nitrogens with zero attached hydrogens (tertiary/aromatic N) is 1. The molecule has 0 aliphatic rings. The molecule has 0 spiro atoms. The Hall–Kier alpha value is -2.90. The molecule has 0 bridgehead atoms. The first-order chi connectivity index (χ1) is 15.5. The summed E-state index contributed by atoms with van der Waals surface area (Å²) >= 11 is 1.56. The van der Waals surface area contributed by atoms with E-state index in [1.807, 2.05) is 50.2 Å². The SMILES string of the molecule is COc1cccc(-c2c(C)sc3nc(C)cc(NS(=O)(=O)c4ccc(C(C)(C)C)cc4)c23)c1. The van der Waals surface area contributed by atoms with Crippen molar-refractivity contribution in [2.45, 2.75) is 44.9 Å². The van der Waals surface area contributed by atoms with E-state index in [1.165, 1.54) is 0 Å². The Labute approximate surface area is 199 Å². The van der Waals surface area contributed by atoms with Gasteiger partial charge in [-0.15, -0.1) is 11.3 Å². The number of benzene rings is 2. The second-order valence-corrected chi connectivity index (χ2v) is 12.0. The van der Waals surface area contributed by atoms with Gasteiger partial charge in [-0.3, -0.25) is 4.72 Å². The standard InChI is InChI=1S/C26H28N2O3S2/c1-16-14-22(28-33(29,30)21-12-10-19(11-13-21)26(3,4)5)24-23(17(2)32-25(24)27-16)18-8-7-9-20(15-18)31-6/h7-15H,1-6H3,(H,27,28). The zero-order valence-corrected chi connectivity index (χ0v) is 21.3. The van der Waals surface area contributed by atoms with Crippen LogP contribution in [0.3, 0.4) is 0 Å². The molecule has 0 saturated carbocycles. The van der Waals surface area contributed by atoms with Crippen LogP contribution in [-0.2, 0) is 15.4 Å². The van der Waals surface area contributed by atoms with E-state index in [0.717, 1.165) is 43.2 Å². The maximum absolute atomic E-state index is 13.3. The van der Waals surface area contributed by atoms with Crippen molar-refractivity contribution in [1.82, 2.24) is 4.98 Å². The number of aryl methyl sites for hydroxylation is 2. The Morgan fingerprint density at radius 3 is 2.33 bits per heavy atom. The number of thiophene rings is 1. The summed E-state index contributed by atoms with van der Waals surface area (Å²) in [5.41, 5.74) is 4.23. The zero-order valence-electron chi connectivity index (χ0n) is 19.7. The lowest BCUT2D eigenvalue weighted by molar-refractivity contribution is 0.415. The normalized spacial score (nSPS) is 12.2. The molecule has 172 valence electrons. The highest BCUT2D eigenvalue weighted by Crippen LogP contribution is 2.43. The van der Waals surface area contributed by atoms with Crippen LogP contribution in [0.25, 0.3) is 21.3 Å². The molecule has 4 rings (SSSR count). The van der Waals surface area contributed by atoms with Crippen LogP contribution in [0.1, 0.15) is 36.9 Å². The molecule has 5 nitrogen and oxygen atoms in total. The number of fused-ring (bicyclic) bond motifs is 1. The molecule has 7 heteroatoms. The molecule has 2 aromatic heterocycles. The molecule has 0 saturated heterocycles. The lowest BCUT2D eigenvalue weighted by atomic mass is 9.87. The lowest BCUT2D eigenvalue weighted by Crippen LogP contribution is -2.15. The maximum atomic E-state index is 13.3. The summed E-state index contributed by atoms with van der Waals surface area (Å²) in [5.74, 6) is 0.743. The Morgan fingerprint density at radius 2 is 1.70 bits per heavy atom. The highest BCUT2D eigenvalue weighted by Gasteiger charge is 2.22. The van der Waals surface area contributed by atoms with E-state index >= 15 is 0 Å². The van der Waals surface area contributed by atoms with E-state index in [1.54, 1.807) is 36.6 Å². The highest BCUT2D eigenvalue weighted by molar-refractivity contribution is 7.92. The summed E-state index contributed by atoms with van der Waals surface area (Å²) < 4.78 is 34.9. The maximum Gasteiger partial charge on any atom is 0.261 e. The minimum atomic E-state index is -3.78. The quantitative estimate of drug-likeness (QED) is 0.346. The van der Waals surface area contributed by atoms with Crippen molar-refractivity contribution in [3.05, 3.63) is 70.7 Å². The predicted molar refractivity (Wildman–Crippen MR) is 137 cm³/mol. The van der Waals surface area contributed by atoms with Gasteiger partial charge in [-0.05, 0) is 60.7 Å². The molecule has 1 N–H and O–H groups in total. The van der Waals surface area contributed by atoms with Crippen molar-refractivity contribution in [3.63, 3.8) is 0 Å². The molecule has 0 atom stereocenters. The molecule has 33 heavy (non-hydrogen) atoms. The number of nitrogens with one attached hydrogen (secondary N) is 1. The third kappa shape index (κ3) is 4.61. The van der Waals surface area contributed by atoms with Crippen LogP contribution in [0.2, 0.25) is 0 Å². The summed E-state index contributed by atoms with van der Waals surface area (Å²) in [6.07, 6.45) is 0. The Kier molecular flexibility index (Phi) is 5.97. The third-order valence-corrected chi connectivity index (χ3v) is 7.98. The first-order valence-electron chi connectivity index (χ1n) is 10.7. The fourth-order valence-corrected chi connectivity index (χ4v) is 6.06. The van der Waals surface area contributed by atoms with E-state index in [0.29, 0.717) is 5.69 Å². The fourth-order valence-electron chi connectivity index (χ4n) is 3.88. The van der Waals surface area contributed by atoms with Gasteiger partial charge in [0.2, 0.25) is 0 Å². The number of methoxy groups -OCH3 is 1. The topological polar surface area (TPSA) is 68.3 Å². The van der Waals surface area contributed by atoms with Gasteiger partial charge in [0.1, 0.15) is 10.6 Å². The average molecular weight is 481 g/mol. The minimum absolute atomic E-state index is 0.0516. The van der Waals surface area contributed by atoms with Gasteiger partial charge in [0, 0.05) is 21.5 Å². The Morgan fingerprint density at radius 1 is 1.00 bits per heavy atom. The van der Waals surface area contributed by atoms with E-state index in [-0.39, 0.29) is 10.3 Å². The van der Waals surface area contributed by atoms with Crippen molar-refractivity contribution < 1.29 is 13.2 Å². The van der Waals surface area contributed by atoms with Crippen LogP contribution in [0, 0.1) is 13.8 Å². The summed E-state index contributed by atoms with van der Waals surface area (Å²) in [6.45, 7) is 10.2. The van der Waals surface area contributed by atoms with E-state index < -0.39 is 10.0 Å². The van der Waals surface area contributed by atoms with Gasteiger partial charge in [0.05, 0.1) is 17.7 Å². The van der Waals surface area contributed by atoms with Gasteiger partial charge in [0.15, 0.2) is 0 Å². The van der Waals surface area contributed by atoms with Crippen LogP contribution in [0.4, 0.5) is 5.69 Å². The van der Waals surface area contributed by atoms with Crippen molar-refractivity contribution in [1.29, 1.82) is 0 Å². The van der Waals surface area contributed by atoms with Gasteiger partial charge in [-0.1, -0.05) is 45.0 Å². The van der Waals surface area contributed by atoms with Crippen LogP contribution < -0.4 is 9.46 Å². The van der Waals surface area contributed by atoms with Crippen LogP contribution >= 0.6 is 11.3 Å². The Bertz CT molecular complexity index is 1430. The van der Waals surface area contributed by atoms with Crippen LogP contribution in [0.15, 0.2) is 59.5 Å². The predicted octanol–water partition coefficient (Wildman–Crippen LogP) is 6.69. The molecule has 2 heterocycles. The lowest BCUT2D eigenvalue weighted by Gasteiger charge is -2.19. The molecular weight excluding hydrogens is 452 g/mol. The molecule has 2 aromatic carbocycles. The molecule has 4 aromatic rings. The largest absolute Gasteiger partial charge is 0.497 e. The third-order valence-electron chi connectivity index (χ3n) is 5.60. The summed E-state index contributed by atoms with van der Waals surface area (Å²) in [7, 11) is -2.15. The molecular formula is C26H28N2O3S2. The molecule has 0 aliphatic heterocycles. The van der Waals surface area contributed by atoms with E-state index in [9.17, 15) is 8.42 Å². The Balaban J connectivity index is 1.84. The number of hydrogen-bond donors (Lipinski definition) is 1. The number of rotatable bonds is 5. The first kappa shape index (κ1) is 23.3. The van der Waals surface area contributed by atoms with Gasteiger partial charge < -0.3 is 4.74 Å². The van der Waals surface area contributed by atoms with Gasteiger partial charge >= 0.3 is 0 Å². The second kappa shape index (κ2) is 8.47. The number of sulfonamides is 1. The van der Waals surface area contributed by atoms with Crippen molar-refractivity contribution in [2.24, 2.45) is 0 Å². The molecule has 0 fully saturated rings. The smallest absolute Gasteiger partial charge is 0.261 e. The number of ether oxygens (including phenoxy) is 1. The van der Waals surface area contributed by atoms with Crippen LogP contribution in [-0.4, -0.2) is 20.5 Å². The zero-order chi connectivity index (χ0) is 24.0.